The van der Waals surface area contributed by atoms with Gasteiger partial charge in [-0.1, -0.05) is 44.2 Å². The molecule has 0 aromatic heterocycles. The SMILES string of the molecule is c1cc2c(cc1CC1CCCCC1)NCCC2. The third kappa shape index (κ3) is 2.65. The summed E-state index contributed by atoms with van der Waals surface area (Å²) in [6, 6.07) is 7.11. The van der Waals surface area contributed by atoms with Crippen LogP contribution in [0.5, 0.6) is 0 Å². The van der Waals surface area contributed by atoms with E-state index in [2.05, 4.69) is 23.5 Å². The van der Waals surface area contributed by atoms with Crippen molar-refractivity contribution in [2.75, 3.05) is 11.9 Å². The van der Waals surface area contributed by atoms with E-state index in [1.54, 1.807) is 5.56 Å². The van der Waals surface area contributed by atoms with Crippen molar-refractivity contribution in [3.63, 3.8) is 0 Å². The van der Waals surface area contributed by atoms with Crippen LogP contribution in [0.4, 0.5) is 5.69 Å². The van der Waals surface area contributed by atoms with Crippen LogP contribution in [0.2, 0.25) is 0 Å². The maximum absolute atomic E-state index is 3.54. The Balaban J connectivity index is 1.70. The summed E-state index contributed by atoms with van der Waals surface area (Å²) in [7, 11) is 0. The molecule has 0 bridgehead atoms. The summed E-state index contributed by atoms with van der Waals surface area (Å²) in [4.78, 5) is 0. The molecule has 0 radical (unpaired) electrons. The first-order valence-corrected chi connectivity index (χ1v) is 7.27. The molecule has 1 aliphatic carbocycles. The molecule has 17 heavy (non-hydrogen) atoms. The molecule has 0 atom stereocenters. The Morgan fingerprint density at radius 1 is 1.06 bits per heavy atom. The van der Waals surface area contributed by atoms with E-state index < -0.39 is 0 Å². The van der Waals surface area contributed by atoms with E-state index in [0.717, 1.165) is 12.5 Å². The molecule has 1 fully saturated rings. The minimum absolute atomic E-state index is 0.949. The van der Waals surface area contributed by atoms with Gasteiger partial charge in [0.2, 0.25) is 0 Å². The number of rotatable bonds is 2. The van der Waals surface area contributed by atoms with Crippen molar-refractivity contribution in [3.8, 4) is 0 Å². The van der Waals surface area contributed by atoms with Crippen LogP contribution in [0, 0.1) is 5.92 Å². The first kappa shape index (κ1) is 11.1. The van der Waals surface area contributed by atoms with Crippen LogP contribution >= 0.6 is 0 Å². The molecule has 3 rings (SSSR count). The second-order valence-electron chi connectivity index (χ2n) is 5.73. The Morgan fingerprint density at radius 3 is 2.82 bits per heavy atom. The minimum Gasteiger partial charge on any atom is -0.385 e. The van der Waals surface area contributed by atoms with Gasteiger partial charge in [0.05, 0.1) is 0 Å². The zero-order valence-corrected chi connectivity index (χ0v) is 10.7. The number of aryl methyl sites for hydroxylation is 1. The van der Waals surface area contributed by atoms with Gasteiger partial charge in [-0.25, -0.2) is 0 Å². The van der Waals surface area contributed by atoms with E-state index in [4.69, 9.17) is 0 Å². The van der Waals surface area contributed by atoms with Crippen molar-refractivity contribution in [2.45, 2.75) is 51.4 Å². The van der Waals surface area contributed by atoms with Crippen molar-refractivity contribution < 1.29 is 0 Å². The highest BCUT2D eigenvalue weighted by Gasteiger charge is 2.15. The van der Waals surface area contributed by atoms with Gasteiger partial charge in [-0.2, -0.15) is 0 Å². The molecule has 1 aromatic carbocycles. The normalized spacial score (nSPS) is 20.7. The van der Waals surface area contributed by atoms with E-state index in [-0.39, 0.29) is 0 Å². The lowest BCUT2D eigenvalue weighted by atomic mass is 9.84. The Morgan fingerprint density at radius 2 is 1.94 bits per heavy atom. The smallest absolute Gasteiger partial charge is 0.0375 e. The number of fused-ring (bicyclic) bond motifs is 1. The van der Waals surface area contributed by atoms with Gasteiger partial charge >= 0.3 is 0 Å². The molecule has 92 valence electrons. The van der Waals surface area contributed by atoms with Gasteiger partial charge in [0.1, 0.15) is 0 Å². The van der Waals surface area contributed by atoms with Crippen LogP contribution < -0.4 is 5.32 Å². The highest BCUT2D eigenvalue weighted by molar-refractivity contribution is 5.54. The van der Waals surface area contributed by atoms with E-state index in [0.29, 0.717) is 0 Å². The lowest BCUT2D eigenvalue weighted by molar-refractivity contribution is 0.356. The predicted molar refractivity (Wildman–Crippen MR) is 73.5 cm³/mol. The second kappa shape index (κ2) is 5.12. The van der Waals surface area contributed by atoms with Crippen molar-refractivity contribution in [1.29, 1.82) is 0 Å². The lowest BCUT2D eigenvalue weighted by Crippen LogP contribution is -2.13. The van der Waals surface area contributed by atoms with Gasteiger partial charge in [0.25, 0.3) is 0 Å². The van der Waals surface area contributed by atoms with Crippen LogP contribution in [0.25, 0.3) is 0 Å². The Bertz CT molecular complexity index is 377. The zero-order chi connectivity index (χ0) is 11.5. The summed E-state index contributed by atoms with van der Waals surface area (Å²) in [6.07, 6.45) is 11.1. The Kier molecular flexibility index (Phi) is 3.35. The van der Waals surface area contributed by atoms with Gasteiger partial charge in [-0.3, -0.25) is 0 Å². The molecule has 1 heterocycles. The fourth-order valence-electron chi connectivity index (χ4n) is 3.36. The molecular formula is C16H23N. The van der Waals surface area contributed by atoms with Crippen molar-refractivity contribution in [2.24, 2.45) is 5.92 Å². The summed E-state index contributed by atoms with van der Waals surface area (Å²) in [5, 5.41) is 3.54. The average Bonchev–Trinajstić information content (AvgIpc) is 2.40. The number of benzene rings is 1. The monoisotopic (exact) mass is 229 g/mol. The van der Waals surface area contributed by atoms with Crippen molar-refractivity contribution in [3.05, 3.63) is 29.3 Å². The average molecular weight is 229 g/mol. The summed E-state index contributed by atoms with van der Waals surface area (Å²) in [5.41, 5.74) is 4.47. The first-order valence-electron chi connectivity index (χ1n) is 7.27. The zero-order valence-electron chi connectivity index (χ0n) is 10.7. The molecular weight excluding hydrogens is 206 g/mol. The standard InChI is InChI=1S/C16H23N/c1-2-5-13(6-3-1)11-14-8-9-15-7-4-10-17-16(15)12-14/h8-9,12-13,17H,1-7,10-11H2. The third-order valence-corrected chi connectivity index (χ3v) is 4.36. The van der Waals surface area contributed by atoms with Gasteiger partial charge in [0, 0.05) is 12.2 Å². The van der Waals surface area contributed by atoms with E-state index >= 15 is 0 Å². The molecule has 1 nitrogen and oxygen atoms in total. The second-order valence-corrected chi connectivity index (χ2v) is 5.73. The van der Waals surface area contributed by atoms with Crippen molar-refractivity contribution in [1.82, 2.24) is 0 Å². The number of hydrogen-bond acceptors (Lipinski definition) is 1. The molecule has 0 spiro atoms. The van der Waals surface area contributed by atoms with E-state index in [1.807, 2.05) is 0 Å². The van der Waals surface area contributed by atoms with E-state index in [9.17, 15) is 0 Å². The van der Waals surface area contributed by atoms with Gasteiger partial charge in [-0.05, 0) is 42.4 Å². The number of nitrogens with one attached hydrogen (secondary N) is 1. The third-order valence-electron chi connectivity index (χ3n) is 4.36. The largest absolute Gasteiger partial charge is 0.385 e. The molecule has 2 aliphatic rings. The Hall–Kier alpha value is -0.980. The number of hydrogen-bond donors (Lipinski definition) is 1. The minimum atomic E-state index is 0.949. The first-order chi connectivity index (χ1) is 8.42. The summed E-state index contributed by atoms with van der Waals surface area (Å²) < 4.78 is 0. The summed E-state index contributed by atoms with van der Waals surface area (Å²) in [6.45, 7) is 1.15. The van der Waals surface area contributed by atoms with Gasteiger partial charge < -0.3 is 5.32 Å². The van der Waals surface area contributed by atoms with E-state index in [1.165, 1.54) is 62.6 Å². The fraction of sp³-hybridized carbons (Fsp3) is 0.625. The summed E-state index contributed by atoms with van der Waals surface area (Å²) >= 11 is 0. The molecule has 1 N–H and O–H groups in total. The topological polar surface area (TPSA) is 12.0 Å². The van der Waals surface area contributed by atoms with Gasteiger partial charge in [0.15, 0.2) is 0 Å². The van der Waals surface area contributed by atoms with Crippen LogP contribution in [0.3, 0.4) is 0 Å². The molecule has 0 saturated heterocycles. The van der Waals surface area contributed by atoms with Crippen LogP contribution in [-0.2, 0) is 12.8 Å². The quantitative estimate of drug-likeness (QED) is 0.802. The van der Waals surface area contributed by atoms with Gasteiger partial charge in [-0.15, -0.1) is 0 Å². The number of anilines is 1. The summed E-state index contributed by atoms with van der Waals surface area (Å²) in [5.74, 6) is 0.949. The molecule has 1 aliphatic heterocycles. The Labute approximate surface area is 105 Å². The lowest BCUT2D eigenvalue weighted by Gasteiger charge is -2.23. The maximum Gasteiger partial charge on any atom is 0.0375 e. The highest BCUT2D eigenvalue weighted by Crippen LogP contribution is 2.29. The maximum atomic E-state index is 3.54. The molecule has 1 aromatic rings. The molecule has 0 unspecified atom stereocenters. The fourth-order valence-corrected chi connectivity index (χ4v) is 3.36. The van der Waals surface area contributed by atoms with Crippen LogP contribution in [0.1, 0.15) is 49.7 Å². The van der Waals surface area contributed by atoms with Crippen LogP contribution in [-0.4, -0.2) is 6.54 Å². The molecule has 1 saturated carbocycles. The molecule has 0 amide bonds. The predicted octanol–water partition coefficient (Wildman–Crippen LogP) is 4.17. The van der Waals surface area contributed by atoms with Crippen LogP contribution in [0.15, 0.2) is 18.2 Å². The highest BCUT2D eigenvalue weighted by atomic mass is 14.9. The molecule has 1 heteroatoms. The van der Waals surface area contributed by atoms with Crippen molar-refractivity contribution >= 4 is 5.69 Å².